The molecule has 0 spiro atoms. The van der Waals surface area contributed by atoms with Gasteiger partial charge in [-0.1, -0.05) is 0 Å². The van der Waals surface area contributed by atoms with Crippen molar-refractivity contribution in [3.05, 3.63) is 22.3 Å². The summed E-state index contributed by atoms with van der Waals surface area (Å²) in [4.78, 5) is 0. The van der Waals surface area contributed by atoms with Crippen LogP contribution in [0.1, 0.15) is 27.7 Å². The first-order valence-corrected chi connectivity index (χ1v) is 19.5. The van der Waals surface area contributed by atoms with Crippen LogP contribution >= 0.6 is 78.9 Å². The Morgan fingerprint density at radius 3 is 0.684 bits per heavy atom. The van der Waals surface area contributed by atoms with Crippen LogP contribution in [0.2, 0.25) is 0 Å². The number of allylic oxidation sites excluding steroid dienone is 4. The van der Waals surface area contributed by atoms with Crippen LogP contribution in [0.4, 0.5) is 0 Å². The maximum atomic E-state index is 4.94. The molecule has 0 aromatic heterocycles. The molecule has 11 heteroatoms. The normalized spacial score (nSPS) is 11.8. The number of hydrogen-bond donors (Lipinski definition) is 0. The van der Waals surface area contributed by atoms with Crippen molar-refractivity contribution < 1.29 is 17.0 Å². The summed E-state index contributed by atoms with van der Waals surface area (Å²) in [5, 5.41) is 0. The zero-order valence-electron chi connectivity index (χ0n) is 10.7. The van der Waals surface area contributed by atoms with Crippen molar-refractivity contribution in [2.45, 2.75) is 27.7 Å². The van der Waals surface area contributed by atoms with Crippen LogP contribution < -0.4 is 0 Å². The maximum absolute atomic E-state index is 4.94. The second kappa shape index (κ2) is 17.9. The molecule has 0 saturated heterocycles. The minimum absolute atomic E-state index is 0.556. The van der Waals surface area contributed by atoms with Crippen LogP contribution in [0.25, 0.3) is 0 Å². The quantitative estimate of drug-likeness (QED) is 0.308. The molecule has 110 valence electrons. The Morgan fingerprint density at radius 1 is 0.579 bits per heavy atom. The Hall–Kier alpha value is 3.58. The third-order valence-electron chi connectivity index (χ3n) is 2.25. The molecule has 0 amide bonds. The van der Waals surface area contributed by atoms with Crippen LogP contribution in [0.15, 0.2) is 22.3 Å². The summed E-state index contributed by atoms with van der Waals surface area (Å²) in [7, 11) is 39.4. The van der Waals surface area contributed by atoms with Gasteiger partial charge in [0.2, 0.25) is 0 Å². The third kappa shape index (κ3) is 21.6. The van der Waals surface area contributed by atoms with E-state index in [-0.39, 0.29) is 0 Å². The first kappa shape index (κ1) is 27.4. The molecule has 0 aromatic carbocycles. The Balaban J connectivity index is -0.000000200. The minimum atomic E-state index is -1.72. The molecule has 19 heavy (non-hydrogen) atoms. The van der Waals surface area contributed by atoms with Gasteiger partial charge >= 0.3 is 58.4 Å². The average Bonchev–Trinajstić information content (AvgIpc) is 2.26. The summed E-state index contributed by atoms with van der Waals surface area (Å²) >= 11 is -4.00. The Morgan fingerprint density at radius 2 is 0.632 bits per heavy atom. The second-order valence-electron chi connectivity index (χ2n) is 3.07. The molecule has 1 aliphatic carbocycles. The van der Waals surface area contributed by atoms with Crippen molar-refractivity contribution in [3.63, 3.8) is 0 Å². The Labute approximate surface area is 166 Å². The number of hydrogen-bond acceptors (Lipinski definition) is 0. The molecule has 0 bridgehead atoms. The molecule has 0 N–H and O–H groups in total. The summed E-state index contributed by atoms with van der Waals surface area (Å²) in [5.41, 5.74) is 5.95. The van der Waals surface area contributed by atoms with E-state index in [0.29, 0.717) is 0 Å². The zero-order valence-corrected chi connectivity index (χ0v) is 20.6. The fourth-order valence-electron chi connectivity index (χ4n) is 1.06. The van der Waals surface area contributed by atoms with Crippen LogP contribution in [0, 0.1) is 0 Å². The molecule has 0 aliphatic heterocycles. The molecule has 0 saturated carbocycles. The van der Waals surface area contributed by atoms with E-state index in [9.17, 15) is 0 Å². The van der Waals surface area contributed by atoms with E-state index < -0.39 is 39.8 Å². The van der Waals surface area contributed by atoms with E-state index in [1.807, 2.05) is 0 Å². The van der Waals surface area contributed by atoms with E-state index in [1.54, 1.807) is 0 Å². The van der Waals surface area contributed by atoms with Crippen LogP contribution in [0.3, 0.4) is 0 Å². The topological polar surface area (TPSA) is 0 Å². The second-order valence-corrected chi connectivity index (χ2v) is 18.5. The summed E-state index contributed by atoms with van der Waals surface area (Å²) in [6, 6.07) is 0. The van der Waals surface area contributed by atoms with Gasteiger partial charge in [-0.2, -0.15) is 0 Å². The van der Waals surface area contributed by atoms with E-state index in [4.69, 9.17) is 78.9 Å². The molecule has 0 fully saturated rings. The van der Waals surface area contributed by atoms with E-state index in [1.165, 1.54) is 22.3 Å². The van der Waals surface area contributed by atoms with Gasteiger partial charge in [0, 0.05) is 0 Å². The monoisotopic (exact) mass is 490 g/mol. The predicted molar refractivity (Wildman–Crippen MR) is 95.1 cm³/mol. The summed E-state index contributed by atoms with van der Waals surface area (Å²) in [5.74, 6) is 0. The van der Waals surface area contributed by atoms with Gasteiger partial charge in [0.15, 0.2) is 0 Å². The van der Waals surface area contributed by atoms with Crippen molar-refractivity contribution in [1.82, 2.24) is 0 Å². The first-order valence-electron chi connectivity index (χ1n) is 4.69. The van der Waals surface area contributed by atoms with Crippen molar-refractivity contribution in [2.24, 2.45) is 0 Å². The van der Waals surface area contributed by atoms with E-state index in [0.717, 1.165) is 0 Å². The molecular formula is C8H12Al2Cl8Ti. The average molecular weight is 494 g/mol. The van der Waals surface area contributed by atoms with E-state index in [2.05, 4.69) is 27.7 Å². The molecule has 0 unspecified atom stereocenters. The van der Waals surface area contributed by atoms with Gasteiger partial charge in [0.25, 0.3) is 0 Å². The third-order valence-corrected chi connectivity index (χ3v) is 2.25. The fraction of sp³-hybridized carbons (Fsp3) is 0.500. The molecule has 0 radical (unpaired) electrons. The van der Waals surface area contributed by atoms with Crippen LogP contribution in [-0.4, -0.2) is 22.8 Å². The molecular weight excluding hydrogens is 482 g/mol. The predicted octanol–water partition coefficient (Wildman–Crippen LogP) is 7.42. The van der Waals surface area contributed by atoms with Gasteiger partial charge in [-0.25, -0.2) is 60.3 Å². The van der Waals surface area contributed by atoms with Crippen molar-refractivity contribution in [2.75, 3.05) is 0 Å². The van der Waals surface area contributed by atoms with E-state index >= 15 is 0 Å². The molecule has 0 atom stereocenters. The van der Waals surface area contributed by atoms with Crippen molar-refractivity contribution in [1.29, 1.82) is 0 Å². The van der Waals surface area contributed by atoms with Crippen molar-refractivity contribution >= 4 is 102 Å². The number of halogens is 8. The molecule has 0 heterocycles. The number of rotatable bonds is 0. The van der Waals surface area contributed by atoms with Gasteiger partial charge in [-0.3, -0.25) is 0 Å². The SMILES string of the molecule is CC1=C(C)C(C)=C1C.[Cl][Al]([Cl])[Cl].[Cl][Al]([Cl])[Cl].[Cl][Ti][Cl]. The van der Waals surface area contributed by atoms with Gasteiger partial charge in [-0.05, 0) is 50.0 Å². The summed E-state index contributed by atoms with van der Waals surface area (Å²) in [6.07, 6.45) is 0. The van der Waals surface area contributed by atoms with Crippen molar-refractivity contribution in [3.8, 4) is 0 Å². The van der Waals surface area contributed by atoms with Crippen LogP contribution in [0.5, 0.6) is 0 Å². The summed E-state index contributed by atoms with van der Waals surface area (Å²) in [6.45, 7) is 8.71. The van der Waals surface area contributed by atoms with Gasteiger partial charge in [0.1, 0.15) is 0 Å². The summed E-state index contributed by atoms with van der Waals surface area (Å²) < 4.78 is 0. The van der Waals surface area contributed by atoms with Crippen LogP contribution in [-0.2, 0) is 17.0 Å². The molecule has 0 aromatic rings. The fourth-order valence-corrected chi connectivity index (χ4v) is 1.06. The first-order chi connectivity index (χ1) is 8.52. The van der Waals surface area contributed by atoms with Gasteiger partial charge in [0.05, 0.1) is 0 Å². The Bertz CT molecular complexity index is 228. The molecule has 0 nitrogen and oxygen atoms in total. The molecule has 1 rings (SSSR count). The Kier molecular flexibility index (Phi) is 25.9. The standard InChI is InChI=1S/C8H12.2Al.8ClH.Ti/c1-5-6(2)8(4)7(5)3;;;;;;;;;;;/h1-4H3;;;8*1H;/q;2*+3;;;;;;;;;+2/p-8. The van der Waals surface area contributed by atoms with Gasteiger partial charge in [-0.15, -0.1) is 0 Å². The molecule has 1 aliphatic rings. The van der Waals surface area contributed by atoms with Gasteiger partial charge < -0.3 is 0 Å². The zero-order chi connectivity index (χ0) is 16.2.